The van der Waals surface area contributed by atoms with Gasteiger partial charge in [-0.3, -0.25) is 9.89 Å². The molecule has 0 bridgehead atoms. The SMILES string of the molecule is CCOC(=O)C1(N)CCN(c2ccc(-c3cc(OCC)cn4nc5[nH]ncc5c34)cn2)CC1. The Kier molecular flexibility index (Phi) is 5.37. The number of piperidine rings is 1. The molecule has 4 aromatic heterocycles. The lowest BCUT2D eigenvalue weighted by Gasteiger charge is -2.37. The fourth-order valence-corrected chi connectivity index (χ4v) is 4.35. The van der Waals surface area contributed by atoms with Crippen LogP contribution >= 0.6 is 0 Å². The second kappa shape index (κ2) is 8.36. The molecule has 1 saturated heterocycles. The molecular formula is C23H27N7O3. The van der Waals surface area contributed by atoms with Crippen LogP contribution < -0.4 is 15.4 Å². The number of H-pyrrole nitrogens is 1. The van der Waals surface area contributed by atoms with Crippen LogP contribution in [0, 0.1) is 0 Å². The van der Waals surface area contributed by atoms with Crippen molar-refractivity contribution in [3.05, 3.63) is 36.8 Å². The number of carbonyl (C=O) groups is 1. The van der Waals surface area contributed by atoms with Gasteiger partial charge in [0, 0.05) is 30.4 Å². The van der Waals surface area contributed by atoms with E-state index < -0.39 is 5.54 Å². The first-order valence-electron chi connectivity index (χ1n) is 11.2. The number of nitrogens with one attached hydrogen (secondary N) is 1. The summed E-state index contributed by atoms with van der Waals surface area (Å²) in [5.74, 6) is 1.26. The molecule has 0 saturated carbocycles. The Bertz CT molecular complexity index is 1290. The van der Waals surface area contributed by atoms with E-state index >= 15 is 0 Å². The third-order valence-corrected chi connectivity index (χ3v) is 6.13. The fourth-order valence-electron chi connectivity index (χ4n) is 4.35. The third kappa shape index (κ3) is 3.76. The summed E-state index contributed by atoms with van der Waals surface area (Å²) in [6, 6.07) is 6.05. The predicted octanol–water partition coefficient (Wildman–Crippen LogP) is 2.53. The van der Waals surface area contributed by atoms with E-state index in [2.05, 4.69) is 20.2 Å². The summed E-state index contributed by atoms with van der Waals surface area (Å²) in [4.78, 5) is 19.1. The molecule has 10 heteroatoms. The molecular weight excluding hydrogens is 422 g/mol. The van der Waals surface area contributed by atoms with E-state index in [1.165, 1.54) is 0 Å². The molecule has 0 spiro atoms. The number of nitrogens with two attached hydrogens (primary N) is 1. The highest BCUT2D eigenvalue weighted by molar-refractivity contribution is 6.00. The average Bonchev–Trinajstić information content (AvgIpc) is 3.41. The highest BCUT2D eigenvalue weighted by atomic mass is 16.5. The minimum absolute atomic E-state index is 0.322. The van der Waals surface area contributed by atoms with E-state index in [0.717, 1.165) is 39.2 Å². The molecule has 0 aromatic carbocycles. The highest BCUT2D eigenvalue weighted by Gasteiger charge is 2.39. The summed E-state index contributed by atoms with van der Waals surface area (Å²) in [6.45, 7) is 5.93. The number of ether oxygens (including phenoxy) is 2. The summed E-state index contributed by atoms with van der Waals surface area (Å²) in [7, 11) is 0. The van der Waals surface area contributed by atoms with E-state index in [9.17, 15) is 4.79 Å². The van der Waals surface area contributed by atoms with Gasteiger partial charge in [-0.25, -0.2) is 9.50 Å². The average molecular weight is 450 g/mol. The van der Waals surface area contributed by atoms with Crippen LogP contribution in [0.5, 0.6) is 5.75 Å². The van der Waals surface area contributed by atoms with Crippen molar-refractivity contribution in [1.29, 1.82) is 0 Å². The molecule has 5 rings (SSSR count). The molecule has 0 amide bonds. The number of fused-ring (bicyclic) bond motifs is 3. The first-order chi connectivity index (χ1) is 16.0. The van der Waals surface area contributed by atoms with Crippen LogP contribution in [0.1, 0.15) is 26.7 Å². The highest BCUT2D eigenvalue weighted by Crippen LogP contribution is 2.33. The molecule has 0 atom stereocenters. The normalized spacial score (nSPS) is 15.8. The number of hydrogen-bond donors (Lipinski definition) is 2. The molecule has 0 radical (unpaired) electrons. The third-order valence-electron chi connectivity index (χ3n) is 6.13. The largest absolute Gasteiger partial charge is 0.492 e. The van der Waals surface area contributed by atoms with Gasteiger partial charge in [-0.1, -0.05) is 0 Å². The van der Waals surface area contributed by atoms with Crippen molar-refractivity contribution in [2.45, 2.75) is 32.2 Å². The zero-order valence-corrected chi connectivity index (χ0v) is 18.7. The second-order valence-corrected chi connectivity index (χ2v) is 8.22. The van der Waals surface area contributed by atoms with Gasteiger partial charge in [0.15, 0.2) is 5.65 Å². The van der Waals surface area contributed by atoms with Gasteiger partial charge in [0.25, 0.3) is 0 Å². The number of nitrogens with zero attached hydrogens (tertiary/aromatic N) is 5. The Balaban J connectivity index is 1.43. The van der Waals surface area contributed by atoms with E-state index in [1.54, 1.807) is 13.1 Å². The minimum Gasteiger partial charge on any atom is -0.492 e. The van der Waals surface area contributed by atoms with E-state index in [4.69, 9.17) is 20.2 Å². The molecule has 1 fully saturated rings. The second-order valence-electron chi connectivity index (χ2n) is 8.22. The number of anilines is 1. The van der Waals surface area contributed by atoms with Crippen LogP contribution in [-0.4, -0.2) is 62.6 Å². The van der Waals surface area contributed by atoms with E-state index in [0.29, 0.717) is 39.1 Å². The zero-order chi connectivity index (χ0) is 23.0. The van der Waals surface area contributed by atoms with Crippen LogP contribution in [0.15, 0.2) is 36.8 Å². The topological polar surface area (TPSA) is 124 Å². The summed E-state index contributed by atoms with van der Waals surface area (Å²) in [5, 5.41) is 12.6. The van der Waals surface area contributed by atoms with Crippen molar-refractivity contribution in [2.24, 2.45) is 5.73 Å². The minimum atomic E-state index is -0.921. The molecule has 1 aliphatic rings. The van der Waals surface area contributed by atoms with E-state index in [1.807, 2.05) is 42.0 Å². The molecule has 172 valence electrons. The van der Waals surface area contributed by atoms with Crippen molar-refractivity contribution in [3.63, 3.8) is 0 Å². The standard InChI is InChI=1S/C23H27N7O3/c1-3-32-16-11-17(20-18-13-26-27-21(18)28-30(20)14-16)15-5-6-19(25-12-15)29-9-7-23(24,8-10-29)22(31)33-4-2/h5-6,11-14H,3-4,7-10,24H2,1-2H3,(H,27,28). The van der Waals surface area contributed by atoms with Gasteiger partial charge in [-0.05, 0) is 44.9 Å². The van der Waals surface area contributed by atoms with Gasteiger partial charge < -0.3 is 20.1 Å². The van der Waals surface area contributed by atoms with Crippen LogP contribution in [0.25, 0.3) is 27.7 Å². The van der Waals surface area contributed by atoms with Gasteiger partial charge in [-0.2, -0.15) is 5.10 Å². The van der Waals surface area contributed by atoms with Crippen molar-refractivity contribution in [3.8, 4) is 16.9 Å². The van der Waals surface area contributed by atoms with Gasteiger partial charge in [0.1, 0.15) is 17.1 Å². The molecule has 33 heavy (non-hydrogen) atoms. The number of carbonyl (C=O) groups excluding carboxylic acids is 1. The van der Waals surface area contributed by atoms with Crippen LogP contribution in [0.3, 0.4) is 0 Å². The molecule has 1 aliphatic heterocycles. The van der Waals surface area contributed by atoms with Crippen molar-refractivity contribution < 1.29 is 14.3 Å². The van der Waals surface area contributed by atoms with Crippen LogP contribution in [-0.2, 0) is 9.53 Å². The monoisotopic (exact) mass is 449 g/mol. The van der Waals surface area contributed by atoms with Crippen molar-refractivity contribution >= 4 is 28.3 Å². The van der Waals surface area contributed by atoms with Gasteiger partial charge in [0.2, 0.25) is 0 Å². The molecule has 10 nitrogen and oxygen atoms in total. The number of aromatic amines is 1. The Morgan fingerprint density at radius 1 is 1.21 bits per heavy atom. The van der Waals surface area contributed by atoms with Crippen LogP contribution in [0.2, 0.25) is 0 Å². The quantitative estimate of drug-likeness (QED) is 0.431. The molecule has 4 aromatic rings. The van der Waals surface area contributed by atoms with Gasteiger partial charge in [0.05, 0.1) is 36.5 Å². The fraction of sp³-hybridized carbons (Fsp3) is 0.391. The molecule has 3 N–H and O–H groups in total. The van der Waals surface area contributed by atoms with Crippen molar-refractivity contribution in [1.82, 2.24) is 24.8 Å². The first-order valence-corrected chi connectivity index (χ1v) is 11.2. The Labute approximate surface area is 190 Å². The number of pyridine rings is 2. The predicted molar refractivity (Wildman–Crippen MR) is 124 cm³/mol. The Morgan fingerprint density at radius 3 is 2.73 bits per heavy atom. The first kappa shape index (κ1) is 21.2. The van der Waals surface area contributed by atoms with Crippen LogP contribution in [0.4, 0.5) is 5.82 Å². The number of aromatic nitrogens is 5. The number of hydrogen-bond acceptors (Lipinski definition) is 8. The summed E-state index contributed by atoms with van der Waals surface area (Å²) < 4.78 is 12.7. The summed E-state index contributed by atoms with van der Waals surface area (Å²) in [6.07, 6.45) is 6.56. The zero-order valence-electron chi connectivity index (χ0n) is 18.7. The van der Waals surface area contributed by atoms with Crippen molar-refractivity contribution in [2.75, 3.05) is 31.2 Å². The lowest BCUT2D eigenvalue weighted by molar-refractivity contribution is -0.150. The van der Waals surface area contributed by atoms with Gasteiger partial charge in [-0.15, -0.1) is 5.10 Å². The molecule has 5 heterocycles. The lowest BCUT2D eigenvalue weighted by Crippen LogP contribution is -2.56. The Morgan fingerprint density at radius 2 is 2.03 bits per heavy atom. The number of rotatable bonds is 6. The summed E-state index contributed by atoms with van der Waals surface area (Å²) >= 11 is 0. The molecule has 0 unspecified atom stereocenters. The molecule has 0 aliphatic carbocycles. The number of esters is 1. The Hall–Kier alpha value is -3.66. The smallest absolute Gasteiger partial charge is 0.326 e. The maximum atomic E-state index is 12.2. The van der Waals surface area contributed by atoms with Gasteiger partial charge >= 0.3 is 5.97 Å². The lowest BCUT2D eigenvalue weighted by atomic mass is 9.88. The summed E-state index contributed by atoms with van der Waals surface area (Å²) in [5.41, 5.74) is 8.95. The maximum Gasteiger partial charge on any atom is 0.326 e. The van der Waals surface area contributed by atoms with E-state index in [-0.39, 0.29) is 5.97 Å². The maximum absolute atomic E-state index is 12.2.